The van der Waals surface area contributed by atoms with Crippen LogP contribution in [-0.4, -0.2) is 31.6 Å². The van der Waals surface area contributed by atoms with E-state index in [0.717, 1.165) is 19.6 Å². The van der Waals surface area contributed by atoms with Gasteiger partial charge >= 0.3 is 0 Å². The van der Waals surface area contributed by atoms with Crippen molar-refractivity contribution >= 4 is 17.4 Å². The molecule has 2 aliphatic rings. The van der Waals surface area contributed by atoms with Gasteiger partial charge in [0.15, 0.2) is 0 Å². The van der Waals surface area contributed by atoms with Gasteiger partial charge in [0.2, 0.25) is 0 Å². The second-order valence-corrected chi connectivity index (χ2v) is 6.66. The van der Waals surface area contributed by atoms with Crippen molar-refractivity contribution in [3.8, 4) is 0 Å². The molecule has 1 fully saturated rings. The monoisotopic (exact) mass is 282 g/mol. The quantitative estimate of drug-likeness (QED) is 0.728. The average Bonchev–Trinajstić information content (AvgIpc) is 2.61. The fourth-order valence-corrected chi connectivity index (χ4v) is 4.36. The van der Waals surface area contributed by atoms with Crippen molar-refractivity contribution in [1.82, 2.24) is 4.90 Å². The maximum absolute atomic E-state index is 2.59. The van der Waals surface area contributed by atoms with Crippen molar-refractivity contribution in [3.05, 3.63) is 54.1 Å². The third kappa shape index (κ3) is 1.93. The number of hydrogen-bond acceptors (Lipinski definition) is 3. The molecule has 20 heavy (non-hydrogen) atoms. The second-order valence-electron chi connectivity index (χ2n) is 5.58. The van der Waals surface area contributed by atoms with Gasteiger partial charge in [0.1, 0.15) is 0 Å². The zero-order valence-electron chi connectivity index (χ0n) is 11.6. The summed E-state index contributed by atoms with van der Waals surface area (Å²) in [7, 11) is 2.23. The van der Waals surface area contributed by atoms with E-state index in [1.807, 2.05) is 11.8 Å². The van der Waals surface area contributed by atoms with Crippen molar-refractivity contribution in [2.45, 2.75) is 15.8 Å². The first-order valence-corrected chi connectivity index (χ1v) is 7.95. The Kier molecular flexibility index (Phi) is 2.97. The highest BCUT2D eigenvalue weighted by Gasteiger charge is 2.32. The molecule has 1 atom stereocenters. The summed E-state index contributed by atoms with van der Waals surface area (Å²) in [4.78, 5) is 7.82. The van der Waals surface area contributed by atoms with Crippen LogP contribution in [0.5, 0.6) is 0 Å². The van der Waals surface area contributed by atoms with Gasteiger partial charge in [-0.3, -0.25) is 0 Å². The van der Waals surface area contributed by atoms with Gasteiger partial charge in [0.25, 0.3) is 0 Å². The van der Waals surface area contributed by atoms with Gasteiger partial charge < -0.3 is 9.80 Å². The number of benzene rings is 2. The van der Waals surface area contributed by atoms with Crippen molar-refractivity contribution < 1.29 is 0 Å². The molecule has 0 bridgehead atoms. The van der Waals surface area contributed by atoms with E-state index in [0.29, 0.717) is 6.04 Å². The van der Waals surface area contributed by atoms with E-state index >= 15 is 0 Å². The Morgan fingerprint density at radius 3 is 2.60 bits per heavy atom. The molecule has 3 heteroatoms. The average molecular weight is 282 g/mol. The summed E-state index contributed by atoms with van der Waals surface area (Å²) in [5.41, 5.74) is 2.87. The number of fused-ring (bicyclic) bond motifs is 5. The number of anilines is 1. The predicted octanol–water partition coefficient (Wildman–Crippen LogP) is 3.64. The molecule has 0 N–H and O–H groups in total. The molecule has 2 aromatic rings. The highest BCUT2D eigenvalue weighted by atomic mass is 32.2. The van der Waals surface area contributed by atoms with E-state index in [2.05, 4.69) is 65.4 Å². The lowest BCUT2D eigenvalue weighted by Crippen LogP contribution is -2.46. The van der Waals surface area contributed by atoms with Crippen LogP contribution < -0.4 is 4.90 Å². The van der Waals surface area contributed by atoms with E-state index in [4.69, 9.17) is 0 Å². The standard InChI is InChI=1S/C17H18N2S/c1-18-10-11-19-14-7-3-5-9-17(14)20-16-8-4-2-6-13(16)15(19)12-18/h2-9,15H,10-12H2,1H3. The highest BCUT2D eigenvalue weighted by Crippen LogP contribution is 2.46. The van der Waals surface area contributed by atoms with E-state index in [1.165, 1.54) is 21.0 Å². The summed E-state index contributed by atoms with van der Waals surface area (Å²) in [6.07, 6.45) is 0. The molecule has 2 heterocycles. The van der Waals surface area contributed by atoms with Gasteiger partial charge in [-0.05, 0) is 30.8 Å². The molecule has 1 saturated heterocycles. The Hall–Kier alpha value is -1.45. The molecule has 1 unspecified atom stereocenters. The van der Waals surface area contributed by atoms with Gasteiger partial charge in [0.05, 0.1) is 11.7 Å². The van der Waals surface area contributed by atoms with Crippen LogP contribution in [0.4, 0.5) is 5.69 Å². The fraction of sp³-hybridized carbons (Fsp3) is 0.294. The second kappa shape index (κ2) is 4.83. The van der Waals surface area contributed by atoms with Crippen LogP contribution in [0.3, 0.4) is 0 Å². The molecule has 0 amide bonds. The molecule has 102 valence electrons. The molecule has 2 aromatic carbocycles. The molecule has 2 nitrogen and oxygen atoms in total. The molecule has 4 rings (SSSR count). The van der Waals surface area contributed by atoms with Crippen molar-refractivity contribution in [2.75, 3.05) is 31.6 Å². The van der Waals surface area contributed by atoms with Gasteiger partial charge in [-0.2, -0.15) is 0 Å². The summed E-state index contributed by atoms with van der Waals surface area (Å²) in [6.45, 7) is 3.34. The van der Waals surface area contributed by atoms with Crippen LogP contribution in [0.25, 0.3) is 0 Å². The topological polar surface area (TPSA) is 6.48 Å². The number of piperazine rings is 1. The minimum atomic E-state index is 0.473. The summed E-state index contributed by atoms with van der Waals surface area (Å²) in [5, 5.41) is 0. The number of para-hydroxylation sites is 1. The van der Waals surface area contributed by atoms with Crippen LogP contribution in [-0.2, 0) is 0 Å². The van der Waals surface area contributed by atoms with Crippen LogP contribution in [0.1, 0.15) is 11.6 Å². The van der Waals surface area contributed by atoms with E-state index in [9.17, 15) is 0 Å². The number of rotatable bonds is 0. The Morgan fingerprint density at radius 1 is 0.950 bits per heavy atom. The highest BCUT2D eigenvalue weighted by molar-refractivity contribution is 7.99. The maximum atomic E-state index is 2.59. The van der Waals surface area contributed by atoms with E-state index in [1.54, 1.807) is 0 Å². The summed E-state index contributed by atoms with van der Waals surface area (Å²) in [5.74, 6) is 0. The third-order valence-corrected chi connectivity index (χ3v) is 5.41. The van der Waals surface area contributed by atoms with Gasteiger partial charge in [-0.25, -0.2) is 0 Å². The van der Waals surface area contributed by atoms with Gasteiger partial charge in [-0.15, -0.1) is 0 Å². The van der Waals surface area contributed by atoms with E-state index in [-0.39, 0.29) is 0 Å². The molecule has 0 aromatic heterocycles. The smallest absolute Gasteiger partial charge is 0.0681 e. The van der Waals surface area contributed by atoms with Crippen LogP contribution in [0, 0.1) is 0 Å². The lowest BCUT2D eigenvalue weighted by molar-refractivity contribution is 0.267. The number of nitrogens with zero attached hydrogens (tertiary/aromatic N) is 2. The van der Waals surface area contributed by atoms with Crippen molar-refractivity contribution in [1.29, 1.82) is 0 Å². The normalized spacial score (nSPS) is 21.6. The Balaban J connectivity index is 1.90. The molecule has 0 radical (unpaired) electrons. The van der Waals surface area contributed by atoms with Crippen LogP contribution in [0.15, 0.2) is 58.3 Å². The SMILES string of the molecule is CN1CCN2c3ccccc3Sc3ccccc3C2C1. The summed E-state index contributed by atoms with van der Waals surface area (Å²) in [6, 6.07) is 18.2. The summed E-state index contributed by atoms with van der Waals surface area (Å²) < 4.78 is 0. The molecule has 2 aliphatic heterocycles. The zero-order chi connectivity index (χ0) is 13.5. The first kappa shape index (κ1) is 12.3. The van der Waals surface area contributed by atoms with E-state index < -0.39 is 0 Å². The minimum absolute atomic E-state index is 0.473. The lowest BCUT2D eigenvalue weighted by atomic mass is 10.0. The molecule has 0 aliphatic carbocycles. The van der Waals surface area contributed by atoms with Crippen molar-refractivity contribution in [2.24, 2.45) is 0 Å². The maximum Gasteiger partial charge on any atom is 0.0681 e. The van der Waals surface area contributed by atoms with Gasteiger partial charge in [0, 0.05) is 29.4 Å². The third-order valence-electron chi connectivity index (χ3n) is 4.26. The zero-order valence-corrected chi connectivity index (χ0v) is 12.4. The minimum Gasteiger partial charge on any atom is -0.361 e. The van der Waals surface area contributed by atoms with Crippen LogP contribution >= 0.6 is 11.8 Å². The predicted molar refractivity (Wildman–Crippen MR) is 84.6 cm³/mol. The molecule has 0 saturated carbocycles. The number of hydrogen-bond donors (Lipinski definition) is 0. The lowest BCUT2D eigenvalue weighted by Gasteiger charge is -2.41. The largest absolute Gasteiger partial charge is 0.361 e. The Labute approximate surface area is 124 Å². The van der Waals surface area contributed by atoms with Crippen molar-refractivity contribution in [3.63, 3.8) is 0 Å². The number of likely N-dealkylation sites (N-methyl/N-ethyl adjacent to an activating group) is 1. The molecule has 0 spiro atoms. The first-order chi connectivity index (χ1) is 9.83. The van der Waals surface area contributed by atoms with Crippen LogP contribution in [0.2, 0.25) is 0 Å². The fourth-order valence-electron chi connectivity index (χ4n) is 3.22. The first-order valence-electron chi connectivity index (χ1n) is 7.14. The van der Waals surface area contributed by atoms with Gasteiger partial charge in [-0.1, -0.05) is 42.1 Å². The molecular weight excluding hydrogens is 264 g/mol. The Morgan fingerprint density at radius 2 is 1.70 bits per heavy atom. The summed E-state index contributed by atoms with van der Waals surface area (Å²) >= 11 is 1.91. The Bertz CT molecular complexity index is 640. The molecular formula is C17H18N2S.